The lowest BCUT2D eigenvalue weighted by molar-refractivity contribution is -0.156. The molecule has 0 saturated carbocycles. The van der Waals surface area contributed by atoms with Crippen molar-refractivity contribution in [2.75, 3.05) is 25.4 Å². The minimum Gasteiger partial charge on any atom is -0.481 e. The van der Waals surface area contributed by atoms with E-state index in [4.69, 9.17) is 10.2 Å². The van der Waals surface area contributed by atoms with Crippen LogP contribution < -0.4 is 0 Å². The number of nitrogens with zero attached hydrogens (tertiary/aromatic N) is 1. The summed E-state index contributed by atoms with van der Waals surface area (Å²) in [4.78, 5) is 33.3. The second-order valence-electron chi connectivity index (χ2n) is 4.60. The Kier molecular flexibility index (Phi) is 5.67. The van der Waals surface area contributed by atoms with Gasteiger partial charge in [0.05, 0.1) is 18.4 Å². The van der Waals surface area contributed by atoms with E-state index in [2.05, 4.69) is 4.74 Å². The van der Waals surface area contributed by atoms with Crippen molar-refractivity contribution in [1.82, 2.24) is 4.31 Å². The Morgan fingerprint density at radius 3 is 2.24 bits per heavy atom. The zero-order valence-corrected chi connectivity index (χ0v) is 12.2. The lowest BCUT2D eigenvalue weighted by Crippen LogP contribution is -2.49. The third-order valence-corrected chi connectivity index (χ3v) is 4.93. The van der Waals surface area contributed by atoms with Crippen LogP contribution in [0.4, 0.5) is 0 Å². The standard InChI is InChI=1S/C11H17NO8S/c1-2-20-9(13)6-21(18,19)12-4-3-7(10(14)15)8(5-12)11(16)17/h7-8H,2-6H2,1H3,(H,14,15)(H,16,17). The average molecular weight is 323 g/mol. The number of carboxylic acid groups (broad SMARTS) is 2. The molecule has 10 heteroatoms. The molecule has 0 amide bonds. The van der Waals surface area contributed by atoms with Crippen LogP contribution in [-0.2, 0) is 29.1 Å². The maximum absolute atomic E-state index is 12.0. The third kappa shape index (κ3) is 4.39. The first-order chi connectivity index (χ1) is 9.69. The van der Waals surface area contributed by atoms with Crippen molar-refractivity contribution < 1.29 is 37.8 Å². The topological polar surface area (TPSA) is 138 Å². The van der Waals surface area contributed by atoms with Crippen LogP contribution in [0, 0.1) is 11.8 Å². The number of piperidine rings is 1. The molecule has 1 aliphatic rings. The molecule has 0 aliphatic carbocycles. The van der Waals surface area contributed by atoms with Gasteiger partial charge in [-0.05, 0) is 13.3 Å². The van der Waals surface area contributed by atoms with Gasteiger partial charge in [0.2, 0.25) is 10.0 Å². The molecule has 0 radical (unpaired) electrons. The molecule has 0 spiro atoms. The van der Waals surface area contributed by atoms with Crippen LogP contribution in [0.25, 0.3) is 0 Å². The molecule has 0 aromatic heterocycles. The highest BCUT2D eigenvalue weighted by Gasteiger charge is 2.42. The van der Waals surface area contributed by atoms with Crippen LogP contribution >= 0.6 is 0 Å². The number of carbonyl (C=O) groups excluding carboxylic acids is 1. The molecule has 2 unspecified atom stereocenters. The fourth-order valence-electron chi connectivity index (χ4n) is 2.16. The number of sulfonamides is 1. The highest BCUT2D eigenvalue weighted by atomic mass is 32.2. The molecule has 21 heavy (non-hydrogen) atoms. The quantitative estimate of drug-likeness (QED) is 0.593. The van der Waals surface area contributed by atoms with Crippen molar-refractivity contribution in [2.24, 2.45) is 11.8 Å². The summed E-state index contributed by atoms with van der Waals surface area (Å²) in [7, 11) is -4.02. The van der Waals surface area contributed by atoms with E-state index in [0.717, 1.165) is 4.31 Å². The largest absolute Gasteiger partial charge is 0.481 e. The van der Waals surface area contributed by atoms with E-state index in [9.17, 15) is 22.8 Å². The van der Waals surface area contributed by atoms with Gasteiger partial charge in [0.25, 0.3) is 0 Å². The summed E-state index contributed by atoms with van der Waals surface area (Å²) < 4.78 is 29.4. The number of hydrogen-bond acceptors (Lipinski definition) is 6. The Balaban J connectivity index is 2.84. The molecule has 2 atom stereocenters. The van der Waals surface area contributed by atoms with E-state index in [-0.39, 0.29) is 19.6 Å². The smallest absolute Gasteiger partial charge is 0.322 e. The summed E-state index contributed by atoms with van der Waals surface area (Å²) in [5, 5.41) is 18.0. The minimum absolute atomic E-state index is 0.0349. The minimum atomic E-state index is -4.02. The molecule has 1 aliphatic heterocycles. The molecule has 9 nitrogen and oxygen atoms in total. The van der Waals surface area contributed by atoms with Gasteiger partial charge in [0.15, 0.2) is 5.75 Å². The highest BCUT2D eigenvalue weighted by Crippen LogP contribution is 2.26. The number of aliphatic carboxylic acids is 2. The van der Waals surface area contributed by atoms with E-state index in [0.29, 0.717) is 0 Å². The summed E-state index contributed by atoms with van der Waals surface area (Å²) in [6.07, 6.45) is -0.117. The lowest BCUT2D eigenvalue weighted by Gasteiger charge is -2.33. The number of hydrogen-bond donors (Lipinski definition) is 2. The first-order valence-electron chi connectivity index (χ1n) is 6.28. The van der Waals surface area contributed by atoms with Crippen molar-refractivity contribution in [3.63, 3.8) is 0 Å². The summed E-state index contributed by atoms with van der Waals surface area (Å²) in [5.41, 5.74) is 0. The molecule has 1 rings (SSSR count). The Labute approximate surface area is 121 Å². The van der Waals surface area contributed by atoms with E-state index in [1.807, 2.05) is 0 Å². The Morgan fingerprint density at radius 1 is 1.19 bits per heavy atom. The predicted molar refractivity (Wildman–Crippen MR) is 68.9 cm³/mol. The van der Waals surface area contributed by atoms with Crippen LogP contribution in [0.2, 0.25) is 0 Å². The molecule has 0 aromatic rings. The Morgan fingerprint density at radius 2 is 1.76 bits per heavy atom. The predicted octanol–water partition coefficient (Wildman–Crippen LogP) is -1.01. The molecule has 120 valence electrons. The summed E-state index contributed by atoms with van der Waals surface area (Å²) in [6, 6.07) is 0. The average Bonchev–Trinajstić information content (AvgIpc) is 2.37. The van der Waals surface area contributed by atoms with Gasteiger partial charge in [-0.15, -0.1) is 0 Å². The van der Waals surface area contributed by atoms with Crippen molar-refractivity contribution in [3.05, 3.63) is 0 Å². The zero-order chi connectivity index (χ0) is 16.2. The molecule has 1 heterocycles. The van der Waals surface area contributed by atoms with Gasteiger partial charge in [-0.3, -0.25) is 14.4 Å². The van der Waals surface area contributed by atoms with Gasteiger partial charge in [-0.25, -0.2) is 12.7 Å². The monoisotopic (exact) mass is 323 g/mol. The maximum Gasteiger partial charge on any atom is 0.322 e. The first kappa shape index (κ1) is 17.4. The van der Waals surface area contributed by atoms with Crippen LogP contribution in [0.3, 0.4) is 0 Å². The summed E-state index contributed by atoms with van der Waals surface area (Å²) in [5.74, 6) is -6.94. The number of carboxylic acids is 2. The Bertz CT molecular complexity index is 528. The van der Waals surface area contributed by atoms with E-state index < -0.39 is 52.1 Å². The van der Waals surface area contributed by atoms with Gasteiger partial charge in [0, 0.05) is 13.1 Å². The number of carbonyl (C=O) groups is 3. The summed E-state index contributed by atoms with van der Waals surface area (Å²) in [6.45, 7) is 0.965. The van der Waals surface area contributed by atoms with Crippen LogP contribution in [0.15, 0.2) is 0 Å². The van der Waals surface area contributed by atoms with E-state index in [1.54, 1.807) is 0 Å². The van der Waals surface area contributed by atoms with Gasteiger partial charge in [-0.2, -0.15) is 0 Å². The highest BCUT2D eigenvalue weighted by molar-refractivity contribution is 7.89. The fraction of sp³-hybridized carbons (Fsp3) is 0.727. The Hall–Kier alpha value is -1.68. The molecule has 1 fully saturated rings. The van der Waals surface area contributed by atoms with Gasteiger partial charge >= 0.3 is 17.9 Å². The molecular weight excluding hydrogens is 306 g/mol. The SMILES string of the molecule is CCOC(=O)CS(=O)(=O)N1CCC(C(=O)O)C(C(=O)O)C1. The zero-order valence-electron chi connectivity index (χ0n) is 11.4. The van der Waals surface area contributed by atoms with Crippen molar-refractivity contribution in [3.8, 4) is 0 Å². The first-order valence-corrected chi connectivity index (χ1v) is 7.89. The summed E-state index contributed by atoms with van der Waals surface area (Å²) >= 11 is 0. The van der Waals surface area contributed by atoms with Gasteiger partial charge in [0.1, 0.15) is 0 Å². The van der Waals surface area contributed by atoms with Crippen LogP contribution in [-0.4, -0.2) is 66.3 Å². The lowest BCUT2D eigenvalue weighted by atomic mass is 9.86. The molecule has 2 N–H and O–H groups in total. The second-order valence-corrected chi connectivity index (χ2v) is 6.57. The van der Waals surface area contributed by atoms with E-state index in [1.165, 1.54) is 6.92 Å². The maximum atomic E-state index is 12.0. The number of esters is 1. The van der Waals surface area contributed by atoms with Crippen LogP contribution in [0.1, 0.15) is 13.3 Å². The van der Waals surface area contributed by atoms with Crippen molar-refractivity contribution in [2.45, 2.75) is 13.3 Å². The number of rotatable bonds is 6. The normalized spacial score (nSPS) is 23.5. The third-order valence-electron chi connectivity index (χ3n) is 3.21. The van der Waals surface area contributed by atoms with Gasteiger partial charge in [-0.1, -0.05) is 0 Å². The number of ether oxygens (including phenoxy) is 1. The fourth-order valence-corrected chi connectivity index (χ4v) is 3.50. The molecule has 0 bridgehead atoms. The molecule has 1 saturated heterocycles. The van der Waals surface area contributed by atoms with Crippen LogP contribution in [0.5, 0.6) is 0 Å². The van der Waals surface area contributed by atoms with Gasteiger partial charge < -0.3 is 14.9 Å². The van der Waals surface area contributed by atoms with Crippen molar-refractivity contribution in [1.29, 1.82) is 0 Å². The molecular formula is C11H17NO8S. The molecule has 0 aromatic carbocycles. The van der Waals surface area contributed by atoms with Crippen molar-refractivity contribution >= 4 is 27.9 Å². The second kappa shape index (κ2) is 6.85. The van der Waals surface area contributed by atoms with E-state index >= 15 is 0 Å².